The molecule has 2 fully saturated rings. The normalized spacial score (nSPS) is 25.8. The number of rotatable bonds is 5. The molecule has 1 N–H and O–H groups in total. The summed E-state index contributed by atoms with van der Waals surface area (Å²) in [4.78, 5) is 25.8. The lowest BCUT2D eigenvalue weighted by atomic mass is 10.0. The summed E-state index contributed by atoms with van der Waals surface area (Å²) in [6.45, 7) is 2.92. The quantitative estimate of drug-likeness (QED) is 0.570. The number of amides is 1. The summed E-state index contributed by atoms with van der Waals surface area (Å²) in [6, 6.07) is 0. The Hall–Kier alpha value is -1.10. The van der Waals surface area contributed by atoms with Crippen LogP contribution in [0.5, 0.6) is 0 Å². The minimum Gasteiger partial charge on any atom is -0.468 e. The van der Waals surface area contributed by atoms with Crippen LogP contribution in [0.1, 0.15) is 25.7 Å². The minimum atomic E-state index is -0.860. The lowest BCUT2D eigenvalue weighted by molar-refractivity contribution is -0.152. The maximum absolute atomic E-state index is 11.9. The number of hydrogen-bond acceptors (Lipinski definition) is 4. The smallest absolute Gasteiger partial charge is 0.321 e. The van der Waals surface area contributed by atoms with Crippen molar-refractivity contribution in [2.75, 3.05) is 33.8 Å². The Morgan fingerprint density at radius 3 is 2.67 bits per heavy atom. The van der Waals surface area contributed by atoms with Crippen LogP contribution in [0.4, 0.5) is 0 Å². The van der Waals surface area contributed by atoms with Crippen molar-refractivity contribution in [1.29, 1.82) is 0 Å². The van der Waals surface area contributed by atoms with Gasteiger partial charge in [0, 0.05) is 13.1 Å². The Morgan fingerprint density at radius 1 is 1.44 bits per heavy atom. The average Bonchev–Trinajstić information content (AvgIpc) is 3.07. The van der Waals surface area contributed by atoms with Crippen LogP contribution in [0.2, 0.25) is 0 Å². The molecule has 1 saturated carbocycles. The monoisotopic (exact) mass is 254 g/mol. The van der Waals surface area contributed by atoms with Crippen molar-refractivity contribution in [3.8, 4) is 0 Å². The maximum atomic E-state index is 11.9. The molecular formula is C13H22N2O3. The largest absolute Gasteiger partial charge is 0.468 e. The SMILES string of the molecule is COC(=O)C1(C(=O)NCCC2CCN(C)C2)CC1. The molecule has 0 aromatic carbocycles. The Balaban J connectivity index is 1.71. The molecule has 1 atom stereocenters. The van der Waals surface area contributed by atoms with Crippen LogP contribution in [0.15, 0.2) is 0 Å². The molecule has 1 aliphatic heterocycles. The van der Waals surface area contributed by atoms with Crippen molar-refractivity contribution in [2.24, 2.45) is 11.3 Å². The van der Waals surface area contributed by atoms with Crippen LogP contribution in [0.3, 0.4) is 0 Å². The van der Waals surface area contributed by atoms with Gasteiger partial charge < -0.3 is 15.0 Å². The van der Waals surface area contributed by atoms with Gasteiger partial charge >= 0.3 is 5.97 Å². The molecule has 2 rings (SSSR count). The molecule has 0 radical (unpaired) electrons. The zero-order chi connectivity index (χ0) is 13.2. The highest BCUT2D eigenvalue weighted by Crippen LogP contribution is 2.46. The molecule has 18 heavy (non-hydrogen) atoms. The molecule has 0 bridgehead atoms. The second-order valence-electron chi connectivity index (χ2n) is 5.54. The van der Waals surface area contributed by atoms with Crippen LogP contribution in [0, 0.1) is 11.3 Å². The predicted molar refractivity (Wildman–Crippen MR) is 66.9 cm³/mol. The minimum absolute atomic E-state index is 0.152. The van der Waals surface area contributed by atoms with Gasteiger partial charge in [-0.25, -0.2) is 0 Å². The highest BCUT2D eigenvalue weighted by molar-refractivity contribution is 6.05. The summed E-state index contributed by atoms with van der Waals surface area (Å²) in [5.74, 6) is 0.130. The van der Waals surface area contributed by atoms with Gasteiger partial charge in [-0.15, -0.1) is 0 Å². The van der Waals surface area contributed by atoms with Gasteiger partial charge in [0.2, 0.25) is 5.91 Å². The molecule has 1 unspecified atom stereocenters. The van der Waals surface area contributed by atoms with E-state index in [4.69, 9.17) is 0 Å². The number of nitrogens with zero attached hydrogens (tertiary/aromatic N) is 1. The van der Waals surface area contributed by atoms with Gasteiger partial charge in [-0.3, -0.25) is 9.59 Å². The first kappa shape index (κ1) is 13.3. The lowest BCUT2D eigenvalue weighted by Gasteiger charge is -2.14. The van der Waals surface area contributed by atoms with E-state index in [-0.39, 0.29) is 11.9 Å². The van der Waals surface area contributed by atoms with Gasteiger partial charge in [0.1, 0.15) is 5.41 Å². The van der Waals surface area contributed by atoms with Crippen molar-refractivity contribution >= 4 is 11.9 Å². The van der Waals surface area contributed by atoms with E-state index in [2.05, 4.69) is 22.0 Å². The molecule has 5 nitrogen and oxygen atoms in total. The fourth-order valence-electron chi connectivity index (χ4n) is 2.67. The lowest BCUT2D eigenvalue weighted by Crippen LogP contribution is -2.38. The number of methoxy groups -OCH3 is 1. The molecule has 0 aromatic heterocycles. The van der Waals surface area contributed by atoms with E-state index in [1.807, 2.05) is 0 Å². The first-order chi connectivity index (χ1) is 8.58. The summed E-state index contributed by atoms with van der Waals surface area (Å²) in [5, 5.41) is 2.88. The zero-order valence-electron chi connectivity index (χ0n) is 11.2. The van der Waals surface area contributed by atoms with E-state index in [0.29, 0.717) is 25.3 Å². The van der Waals surface area contributed by atoms with Crippen molar-refractivity contribution in [1.82, 2.24) is 10.2 Å². The van der Waals surface area contributed by atoms with Crippen molar-refractivity contribution in [3.63, 3.8) is 0 Å². The summed E-state index contributed by atoms with van der Waals surface area (Å²) < 4.78 is 4.69. The van der Waals surface area contributed by atoms with Gasteiger partial charge in [-0.05, 0) is 45.2 Å². The first-order valence-electron chi connectivity index (χ1n) is 6.64. The zero-order valence-corrected chi connectivity index (χ0v) is 11.2. The number of ether oxygens (including phenoxy) is 1. The van der Waals surface area contributed by atoms with Gasteiger partial charge in [0.15, 0.2) is 0 Å². The molecule has 1 amide bonds. The van der Waals surface area contributed by atoms with E-state index >= 15 is 0 Å². The summed E-state index contributed by atoms with van der Waals surface area (Å²) in [5.41, 5.74) is -0.860. The van der Waals surface area contributed by atoms with Crippen molar-refractivity contribution < 1.29 is 14.3 Å². The Labute approximate surface area is 108 Å². The standard InChI is InChI=1S/C13H22N2O3/c1-15-8-4-10(9-15)3-7-14-11(16)13(5-6-13)12(17)18-2/h10H,3-9H2,1-2H3,(H,14,16). The average molecular weight is 254 g/mol. The topological polar surface area (TPSA) is 58.6 Å². The van der Waals surface area contributed by atoms with E-state index in [9.17, 15) is 9.59 Å². The number of carbonyl (C=O) groups is 2. The van der Waals surface area contributed by atoms with Crippen LogP contribution >= 0.6 is 0 Å². The molecule has 5 heteroatoms. The van der Waals surface area contributed by atoms with E-state index in [1.165, 1.54) is 13.5 Å². The van der Waals surface area contributed by atoms with E-state index < -0.39 is 5.41 Å². The van der Waals surface area contributed by atoms with E-state index in [1.54, 1.807) is 0 Å². The van der Waals surface area contributed by atoms with Crippen LogP contribution in [-0.4, -0.2) is 50.6 Å². The highest BCUT2D eigenvalue weighted by atomic mass is 16.5. The van der Waals surface area contributed by atoms with Crippen molar-refractivity contribution in [2.45, 2.75) is 25.7 Å². The number of esters is 1. The third-order valence-electron chi connectivity index (χ3n) is 4.09. The molecule has 1 aliphatic carbocycles. The fourth-order valence-corrected chi connectivity index (χ4v) is 2.67. The fraction of sp³-hybridized carbons (Fsp3) is 0.846. The predicted octanol–water partition coefficient (Wildman–Crippen LogP) is 0.398. The first-order valence-corrected chi connectivity index (χ1v) is 6.64. The highest BCUT2D eigenvalue weighted by Gasteiger charge is 2.57. The molecule has 0 aromatic rings. The molecule has 1 saturated heterocycles. The Morgan fingerprint density at radius 2 is 2.17 bits per heavy atom. The third-order valence-corrected chi connectivity index (χ3v) is 4.09. The summed E-state index contributed by atoms with van der Waals surface area (Å²) in [7, 11) is 3.46. The second kappa shape index (κ2) is 5.26. The number of hydrogen-bond donors (Lipinski definition) is 1. The maximum Gasteiger partial charge on any atom is 0.321 e. The second-order valence-corrected chi connectivity index (χ2v) is 5.54. The molecule has 102 valence electrons. The van der Waals surface area contributed by atoms with Gasteiger partial charge in [-0.1, -0.05) is 0 Å². The van der Waals surface area contributed by atoms with Gasteiger partial charge in [-0.2, -0.15) is 0 Å². The Kier molecular flexibility index (Phi) is 3.90. The van der Waals surface area contributed by atoms with Gasteiger partial charge in [0.25, 0.3) is 0 Å². The summed E-state index contributed by atoms with van der Waals surface area (Å²) in [6.07, 6.45) is 3.44. The van der Waals surface area contributed by atoms with Gasteiger partial charge in [0.05, 0.1) is 7.11 Å². The molecular weight excluding hydrogens is 232 g/mol. The summed E-state index contributed by atoms with van der Waals surface area (Å²) >= 11 is 0. The van der Waals surface area contributed by atoms with E-state index in [0.717, 1.165) is 19.5 Å². The molecule has 2 aliphatic rings. The van der Waals surface area contributed by atoms with Crippen LogP contribution < -0.4 is 5.32 Å². The van der Waals surface area contributed by atoms with Crippen LogP contribution in [-0.2, 0) is 14.3 Å². The Bertz CT molecular complexity index is 339. The molecule has 0 spiro atoms. The third kappa shape index (κ3) is 2.66. The van der Waals surface area contributed by atoms with Crippen LogP contribution in [0.25, 0.3) is 0 Å². The van der Waals surface area contributed by atoms with Crippen molar-refractivity contribution in [3.05, 3.63) is 0 Å². The molecule has 1 heterocycles. The number of likely N-dealkylation sites (tertiary alicyclic amines) is 1. The number of carbonyl (C=O) groups excluding carboxylic acids is 2. The number of nitrogens with one attached hydrogen (secondary N) is 1.